The van der Waals surface area contributed by atoms with E-state index < -0.39 is 0 Å². The van der Waals surface area contributed by atoms with Crippen LogP contribution in [0.1, 0.15) is 36.3 Å². The number of hydrogen-bond acceptors (Lipinski definition) is 5. The summed E-state index contributed by atoms with van der Waals surface area (Å²) in [5.74, 6) is 2.52. The molecule has 0 radical (unpaired) electrons. The lowest BCUT2D eigenvalue weighted by Gasteiger charge is -2.36. The molecule has 1 N–H and O–H groups in total. The lowest BCUT2D eigenvalue weighted by atomic mass is 9.89. The normalized spacial score (nSPS) is 19.9. The Balaban J connectivity index is 1.36. The molecule has 3 aromatic rings. The first kappa shape index (κ1) is 19.4. The van der Waals surface area contributed by atoms with E-state index in [0.717, 1.165) is 43.3 Å². The number of aromatic amines is 1. The molecule has 1 aliphatic heterocycles. The zero-order chi connectivity index (χ0) is 20.2. The van der Waals surface area contributed by atoms with E-state index in [9.17, 15) is 4.79 Å². The van der Waals surface area contributed by atoms with Crippen molar-refractivity contribution in [3.63, 3.8) is 0 Å². The summed E-state index contributed by atoms with van der Waals surface area (Å²) in [6.45, 7) is 5.55. The van der Waals surface area contributed by atoms with Gasteiger partial charge in [0.15, 0.2) is 0 Å². The molecule has 1 aliphatic rings. The van der Waals surface area contributed by atoms with Gasteiger partial charge in [0.25, 0.3) is 0 Å². The van der Waals surface area contributed by atoms with Gasteiger partial charge in [-0.1, -0.05) is 25.1 Å². The Labute approximate surface area is 170 Å². The van der Waals surface area contributed by atoms with Crippen LogP contribution in [0, 0.1) is 5.92 Å². The van der Waals surface area contributed by atoms with Gasteiger partial charge in [-0.25, -0.2) is 9.89 Å². The molecule has 0 unspecified atom stereocenters. The summed E-state index contributed by atoms with van der Waals surface area (Å²) in [4.78, 5) is 18.4. The number of nitrogens with one attached hydrogen (secondary N) is 1. The number of pyridine rings is 1. The lowest BCUT2D eigenvalue weighted by molar-refractivity contribution is 0.152. The van der Waals surface area contributed by atoms with Crippen LogP contribution < -0.4 is 10.4 Å². The summed E-state index contributed by atoms with van der Waals surface area (Å²) in [7, 11) is 1.79. The highest BCUT2D eigenvalue weighted by Crippen LogP contribution is 2.29. The molecule has 7 heteroatoms. The molecule has 2 atom stereocenters. The van der Waals surface area contributed by atoms with Crippen LogP contribution in [-0.4, -0.2) is 37.7 Å². The molecule has 0 bridgehead atoms. The van der Waals surface area contributed by atoms with Gasteiger partial charge in [0.05, 0.1) is 5.69 Å². The van der Waals surface area contributed by atoms with E-state index in [1.54, 1.807) is 17.8 Å². The SMILES string of the molecule is C[C@@H]1C[C@@H](c2n[nH]c(=O)n2C)CN(Cc2ccc(OCc3ccccn3)cc2)C1. The second-order valence-electron chi connectivity index (χ2n) is 7.93. The monoisotopic (exact) mass is 393 g/mol. The van der Waals surface area contributed by atoms with Gasteiger partial charge >= 0.3 is 5.69 Å². The molecule has 0 spiro atoms. The molecular weight excluding hydrogens is 366 g/mol. The number of H-pyrrole nitrogens is 1. The fourth-order valence-corrected chi connectivity index (χ4v) is 4.09. The summed E-state index contributed by atoms with van der Waals surface area (Å²) in [6, 6.07) is 14.1. The fraction of sp³-hybridized carbons (Fsp3) is 0.409. The maximum absolute atomic E-state index is 11.7. The van der Waals surface area contributed by atoms with Crippen LogP contribution >= 0.6 is 0 Å². The van der Waals surface area contributed by atoms with Crippen molar-refractivity contribution in [2.24, 2.45) is 13.0 Å². The van der Waals surface area contributed by atoms with E-state index in [4.69, 9.17) is 4.74 Å². The van der Waals surface area contributed by atoms with Crippen molar-refractivity contribution >= 4 is 0 Å². The summed E-state index contributed by atoms with van der Waals surface area (Å²) in [5, 5.41) is 6.81. The third-order valence-electron chi connectivity index (χ3n) is 5.46. The van der Waals surface area contributed by atoms with Gasteiger partial charge in [0.1, 0.15) is 18.2 Å². The molecule has 29 heavy (non-hydrogen) atoms. The van der Waals surface area contributed by atoms with Gasteiger partial charge in [-0.15, -0.1) is 0 Å². The highest BCUT2D eigenvalue weighted by molar-refractivity contribution is 5.27. The van der Waals surface area contributed by atoms with Crippen LogP contribution in [0.4, 0.5) is 0 Å². The predicted molar refractivity (Wildman–Crippen MR) is 111 cm³/mol. The van der Waals surface area contributed by atoms with E-state index in [-0.39, 0.29) is 11.6 Å². The average Bonchev–Trinajstić information content (AvgIpc) is 3.06. The molecule has 152 valence electrons. The second-order valence-corrected chi connectivity index (χ2v) is 7.93. The van der Waals surface area contributed by atoms with E-state index >= 15 is 0 Å². The Bertz CT molecular complexity index is 980. The van der Waals surface area contributed by atoms with Crippen molar-refractivity contribution in [1.82, 2.24) is 24.6 Å². The van der Waals surface area contributed by atoms with Crippen LogP contribution in [0.3, 0.4) is 0 Å². The Morgan fingerprint density at radius 3 is 2.69 bits per heavy atom. The molecule has 2 aromatic heterocycles. The first-order valence-electron chi connectivity index (χ1n) is 10.0. The zero-order valence-corrected chi connectivity index (χ0v) is 16.9. The molecule has 0 aliphatic carbocycles. The van der Waals surface area contributed by atoms with Gasteiger partial charge < -0.3 is 4.74 Å². The predicted octanol–water partition coefficient (Wildman–Crippen LogP) is 2.71. The minimum absolute atomic E-state index is 0.147. The standard InChI is InChI=1S/C22H27N5O2/c1-16-11-18(21-24-25-22(28)26(21)2)14-27(12-16)13-17-6-8-20(9-7-17)29-15-19-5-3-4-10-23-19/h3-10,16,18H,11-15H2,1-2H3,(H,25,28)/t16-,18-/m1/s1. The van der Waals surface area contributed by atoms with Crippen LogP contribution in [0.2, 0.25) is 0 Å². The number of ether oxygens (including phenoxy) is 1. The molecule has 1 aromatic carbocycles. The van der Waals surface area contributed by atoms with Gasteiger partial charge in [-0.05, 0) is 42.2 Å². The van der Waals surface area contributed by atoms with Gasteiger partial charge in [-0.2, -0.15) is 5.10 Å². The molecule has 3 heterocycles. The van der Waals surface area contributed by atoms with Gasteiger partial charge in [0, 0.05) is 38.8 Å². The maximum atomic E-state index is 11.7. The van der Waals surface area contributed by atoms with Crippen molar-refractivity contribution in [3.8, 4) is 5.75 Å². The molecule has 0 amide bonds. The van der Waals surface area contributed by atoms with E-state index in [0.29, 0.717) is 12.5 Å². The highest BCUT2D eigenvalue weighted by Gasteiger charge is 2.29. The first-order valence-corrected chi connectivity index (χ1v) is 10.0. The van der Waals surface area contributed by atoms with E-state index in [1.807, 2.05) is 30.3 Å². The number of aromatic nitrogens is 4. The molecule has 0 saturated carbocycles. The van der Waals surface area contributed by atoms with Gasteiger partial charge in [0.2, 0.25) is 0 Å². The summed E-state index contributed by atoms with van der Waals surface area (Å²) in [6.07, 6.45) is 2.82. The number of rotatable bonds is 6. The topological polar surface area (TPSA) is 76.0 Å². The van der Waals surface area contributed by atoms with Crippen LogP contribution in [0.25, 0.3) is 0 Å². The van der Waals surface area contributed by atoms with Gasteiger partial charge in [-0.3, -0.25) is 14.5 Å². The first-order chi connectivity index (χ1) is 14.1. The minimum Gasteiger partial charge on any atom is -0.487 e. The van der Waals surface area contributed by atoms with Crippen LogP contribution in [0.15, 0.2) is 53.5 Å². The van der Waals surface area contributed by atoms with E-state index in [2.05, 4.69) is 39.1 Å². The minimum atomic E-state index is -0.147. The summed E-state index contributed by atoms with van der Waals surface area (Å²) in [5.41, 5.74) is 2.02. The van der Waals surface area contributed by atoms with Crippen molar-refractivity contribution in [2.45, 2.75) is 32.4 Å². The number of piperidine rings is 1. The average molecular weight is 393 g/mol. The summed E-state index contributed by atoms with van der Waals surface area (Å²) >= 11 is 0. The Kier molecular flexibility index (Phi) is 5.76. The third kappa shape index (κ3) is 4.74. The number of benzene rings is 1. The Morgan fingerprint density at radius 1 is 1.17 bits per heavy atom. The summed E-state index contributed by atoms with van der Waals surface area (Å²) < 4.78 is 7.46. The highest BCUT2D eigenvalue weighted by atomic mass is 16.5. The number of hydrogen-bond donors (Lipinski definition) is 1. The van der Waals surface area contributed by atoms with E-state index in [1.165, 1.54) is 5.56 Å². The fourth-order valence-electron chi connectivity index (χ4n) is 4.09. The molecule has 4 rings (SSSR count). The third-order valence-corrected chi connectivity index (χ3v) is 5.46. The number of likely N-dealkylation sites (tertiary alicyclic amines) is 1. The molecule has 1 fully saturated rings. The number of nitrogens with zero attached hydrogens (tertiary/aromatic N) is 4. The Morgan fingerprint density at radius 2 is 2.00 bits per heavy atom. The lowest BCUT2D eigenvalue weighted by Crippen LogP contribution is -2.39. The second kappa shape index (κ2) is 8.61. The van der Waals surface area contributed by atoms with Crippen LogP contribution in [0.5, 0.6) is 5.75 Å². The smallest absolute Gasteiger partial charge is 0.343 e. The molecule has 1 saturated heterocycles. The van der Waals surface area contributed by atoms with Crippen molar-refractivity contribution in [2.75, 3.05) is 13.1 Å². The van der Waals surface area contributed by atoms with Crippen LogP contribution in [-0.2, 0) is 20.2 Å². The molecule has 7 nitrogen and oxygen atoms in total. The zero-order valence-electron chi connectivity index (χ0n) is 16.9. The van der Waals surface area contributed by atoms with Crippen molar-refractivity contribution in [1.29, 1.82) is 0 Å². The largest absolute Gasteiger partial charge is 0.487 e. The quantitative estimate of drug-likeness (QED) is 0.697. The maximum Gasteiger partial charge on any atom is 0.343 e. The Hall–Kier alpha value is -2.93. The van der Waals surface area contributed by atoms with Crippen molar-refractivity contribution < 1.29 is 4.74 Å². The van der Waals surface area contributed by atoms with Crippen molar-refractivity contribution in [3.05, 3.63) is 76.2 Å². The molecular formula is C22H27N5O2.